The van der Waals surface area contributed by atoms with Crippen LogP contribution < -0.4 is 5.32 Å². The molecular formula is C21H29N3O. The lowest BCUT2D eigenvalue weighted by molar-refractivity contribution is 0.0945. The van der Waals surface area contributed by atoms with Gasteiger partial charge in [-0.05, 0) is 50.4 Å². The van der Waals surface area contributed by atoms with Crippen LogP contribution in [-0.2, 0) is 20.0 Å². The molecule has 0 radical (unpaired) electrons. The van der Waals surface area contributed by atoms with Crippen LogP contribution in [0.4, 0.5) is 0 Å². The lowest BCUT2D eigenvalue weighted by Gasteiger charge is -2.33. The fourth-order valence-corrected chi connectivity index (χ4v) is 3.60. The summed E-state index contributed by atoms with van der Waals surface area (Å²) in [5, 5.41) is 3.04. The second-order valence-electron chi connectivity index (χ2n) is 7.08. The normalized spacial score (nSPS) is 18.2. The van der Waals surface area contributed by atoms with Gasteiger partial charge in [-0.25, -0.2) is 0 Å². The molecule has 0 saturated carbocycles. The van der Waals surface area contributed by atoms with Crippen molar-refractivity contribution in [1.29, 1.82) is 0 Å². The van der Waals surface area contributed by atoms with Crippen molar-refractivity contribution in [3.63, 3.8) is 0 Å². The molecule has 2 heterocycles. The number of benzene rings is 1. The molecule has 1 saturated heterocycles. The van der Waals surface area contributed by atoms with Crippen LogP contribution in [0.15, 0.2) is 42.5 Å². The second kappa shape index (κ2) is 8.34. The van der Waals surface area contributed by atoms with Gasteiger partial charge in [0.1, 0.15) is 5.69 Å². The minimum Gasteiger partial charge on any atom is -0.350 e. The van der Waals surface area contributed by atoms with E-state index in [1.807, 2.05) is 35.9 Å². The summed E-state index contributed by atoms with van der Waals surface area (Å²) in [6.07, 6.45) is 4.74. The van der Waals surface area contributed by atoms with Crippen LogP contribution in [-0.4, -0.2) is 34.5 Å². The van der Waals surface area contributed by atoms with E-state index in [2.05, 4.69) is 35.3 Å². The van der Waals surface area contributed by atoms with E-state index in [1.165, 1.54) is 30.5 Å². The smallest absolute Gasteiger partial charge is 0.267 e. The summed E-state index contributed by atoms with van der Waals surface area (Å²) in [4.78, 5) is 15.0. The van der Waals surface area contributed by atoms with Crippen molar-refractivity contribution in [1.82, 2.24) is 14.8 Å². The minimum absolute atomic E-state index is 0.0105. The molecule has 25 heavy (non-hydrogen) atoms. The number of aromatic nitrogens is 1. The maximum absolute atomic E-state index is 12.5. The third-order valence-corrected chi connectivity index (χ3v) is 5.31. The van der Waals surface area contributed by atoms with Crippen molar-refractivity contribution in [2.45, 2.75) is 45.2 Å². The van der Waals surface area contributed by atoms with Gasteiger partial charge in [-0.1, -0.05) is 36.8 Å². The molecule has 0 bridgehead atoms. The molecule has 2 aromatic rings. The first-order valence-corrected chi connectivity index (χ1v) is 9.36. The van der Waals surface area contributed by atoms with Crippen molar-refractivity contribution in [3.05, 3.63) is 59.4 Å². The summed E-state index contributed by atoms with van der Waals surface area (Å²) in [6.45, 7) is 5.05. The Labute approximate surface area is 150 Å². The summed E-state index contributed by atoms with van der Waals surface area (Å²) in [5.74, 6) is 0.0105. The fourth-order valence-electron chi connectivity index (χ4n) is 3.60. The van der Waals surface area contributed by atoms with Crippen LogP contribution >= 0.6 is 0 Å². The van der Waals surface area contributed by atoms with E-state index in [4.69, 9.17) is 0 Å². The Morgan fingerprint density at radius 1 is 1.16 bits per heavy atom. The number of rotatable bonds is 6. The van der Waals surface area contributed by atoms with E-state index in [9.17, 15) is 4.79 Å². The summed E-state index contributed by atoms with van der Waals surface area (Å²) >= 11 is 0. The number of nitrogens with one attached hydrogen (secondary N) is 1. The Morgan fingerprint density at radius 3 is 2.72 bits per heavy atom. The Balaban J connectivity index is 1.55. The molecule has 1 aliphatic rings. The molecule has 1 amide bonds. The van der Waals surface area contributed by atoms with Crippen LogP contribution in [0, 0.1) is 0 Å². The van der Waals surface area contributed by atoms with Crippen LogP contribution in [0.25, 0.3) is 0 Å². The average molecular weight is 339 g/mol. The van der Waals surface area contributed by atoms with Crippen molar-refractivity contribution in [2.75, 3.05) is 13.1 Å². The highest BCUT2D eigenvalue weighted by molar-refractivity contribution is 5.92. The van der Waals surface area contributed by atoms with Crippen molar-refractivity contribution in [2.24, 2.45) is 7.05 Å². The first kappa shape index (κ1) is 17.7. The van der Waals surface area contributed by atoms with Crippen molar-refractivity contribution in [3.8, 4) is 0 Å². The Kier molecular flexibility index (Phi) is 5.92. The first-order valence-electron chi connectivity index (χ1n) is 9.36. The Hall–Kier alpha value is -2.07. The monoisotopic (exact) mass is 339 g/mol. The van der Waals surface area contributed by atoms with E-state index in [0.717, 1.165) is 25.2 Å². The number of amides is 1. The van der Waals surface area contributed by atoms with Crippen molar-refractivity contribution < 1.29 is 4.79 Å². The molecule has 0 spiro atoms. The molecule has 134 valence electrons. The van der Waals surface area contributed by atoms with E-state index < -0.39 is 0 Å². The van der Waals surface area contributed by atoms with Crippen LogP contribution in [0.5, 0.6) is 0 Å². The zero-order valence-corrected chi connectivity index (χ0v) is 15.4. The lowest BCUT2D eigenvalue weighted by atomic mass is 10.0. The van der Waals surface area contributed by atoms with Gasteiger partial charge >= 0.3 is 0 Å². The highest BCUT2D eigenvalue weighted by atomic mass is 16.1. The maximum atomic E-state index is 12.5. The molecule has 0 aliphatic carbocycles. The van der Waals surface area contributed by atoms with E-state index >= 15 is 0 Å². The summed E-state index contributed by atoms with van der Waals surface area (Å²) in [7, 11) is 2.00. The van der Waals surface area contributed by atoms with Crippen LogP contribution in [0.2, 0.25) is 0 Å². The van der Waals surface area contributed by atoms with Crippen molar-refractivity contribution >= 4 is 5.91 Å². The Morgan fingerprint density at radius 2 is 1.96 bits per heavy atom. The Bertz CT molecular complexity index is 692. The topological polar surface area (TPSA) is 37.3 Å². The van der Waals surface area contributed by atoms with Crippen LogP contribution in [0.3, 0.4) is 0 Å². The number of carbonyl (C=O) groups excluding carboxylic acids is 1. The van der Waals surface area contributed by atoms with E-state index in [-0.39, 0.29) is 5.91 Å². The molecule has 1 aliphatic heterocycles. The molecule has 1 N–H and O–H groups in total. The van der Waals surface area contributed by atoms with Gasteiger partial charge in [0.15, 0.2) is 0 Å². The first-order chi connectivity index (χ1) is 12.1. The summed E-state index contributed by atoms with van der Waals surface area (Å²) in [6, 6.07) is 14.9. The molecular weight excluding hydrogens is 310 g/mol. The maximum Gasteiger partial charge on any atom is 0.267 e. The molecule has 4 heteroatoms. The molecule has 1 unspecified atom stereocenters. The molecule has 1 aromatic heterocycles. The van der Waals surface area contributed by atoms with E-state index in [1.54, 1.807) is 0 Å². The predicted molar refractivity (Wildman–Crippen MR) is 102 cm³/mol. The number of carbonyl (C=O) groups is 1. The molecule has 1 atom stereocenters. The highest BCUT2D eigenvalue weighted by Gasteiger charge is 2.20. The lowest BCUT2D eigenvalue weighted by Crippen LogP contribution is -2.37. The van der Waals surface area contributed by atoms with Gasteiger partial charge in [-0.3, -0.25) is 9.69 Å². The van der Waals surface area contributed by atoms with Gasteiger partial charge in [0.2, 0.25) is 0 Å². The largest absolute Gasteiger partial charge is 0.350 e. The zero-order chi connectivity index (χ0) is 17.6. The molecule has 3 rings (SSSR count). The number of nitrogens with zero attached hydrogens (tertiary/aromatic N) is 2. The molecule has 1 aromatic carbocycles. The molecule has 4 nitrogen and oxygen atoms in total. The molecule has 1 fully saturated rings. The number of hydrogen-bond donors (Lipinski definition) is 1. The van der Waals surface area contributed by atoms with Crippen LogP contribution in [0.1, 0.15) is 47.9 Å². The number of hydrogen-bond acceptors (Lipinski definition) is 2. The van der Waals surface area contributed by atoms with Gasteiger partial charge in [0.25, 0.3) is 5.91 Å². The van der Waals surface area contributed by atoms with Gasteiger partial charge in [0, 0.05) is 31.9 Å². The average Bonchev–Trinajstić information content (AvgIpc) is 2.98. The highest BCUT2D eigenvalue weighted by Crippen LogP contribution is 2.20. The van der Waals surface area contributed by atoms with Gasteiger partial charge in [-0.2, -0.15) is 0 Å². The third-order valence-electron chi connectivity index (χ3n) is 5.31. The quantitative estimate of drug-likeness (QED) is 0.876. The second-order valence-corrected chi connectivity index (χ2v) is 7.08. The number of likely N-dealkylation sites (tertiary alicyclic amines) is 1. The third kappa shape index (κ3) is 4.51. The van der Waals surface area contributed by atoms with Gasteiger partial charge in [-0.15, -0.1) is 0 Å². The predicted octanol–water partition coefficient (Wildman–Crippen LogP) is 3.37. The van der Waals surface area contributed by atoms with E-state index in [0.29, 0.717) is 12.6 Å². The zero-order valence-electron chi connectivity index (χ0n) is 15.4. The standard InChI is InChI=1S/C21H29N3O/c1-17-8-6-7-15-24(17)16-19-11-12-20(23(19)2)21(25)22-14-13-18-9-4-3-5-10-18/h3-5,9-12,17H,6-8,13-16H2,1-2H3,(H,22,25). The number of piperidine rings is 1. The summed E-state index contributed by atoms with van der Waals surface area (Å²) in [5.41, 5.74) is 3.20. The summed E-state index contributed by atoms with van der Waals surface area (Å²) < 4.78 is 2.04. The minimum atomic E-state index is 0.0105. The van der Waals surface area contributed by atoms with Gasteiger partial charge < -0.3 is 9.88 Å². The SMILES string of the molecule is CC1CCCCN1Cc1ccc(C(=O)NCCc2ccccc2)n1C. The fraction of sp³-hybridized carbons (Fsp3) is 0.476. The van der Waals surface area contributed by atoms with Gasteiger partial charge in [0.05, 0.1) is 0 Å².